The van der Waals surface area contributed by atoms with Crippen molar-refractivity contribution in [3.8, 4) is 0 Å². The van der Waals surface area contributed by atoms with Crippen LogP contribution in [0, 0.1) is 0 Å². The summed E-state index contributed by atoms with van der Waals surface area (Å²) in [6, 6.07) is 16.6. The van der Waals surface area contributed by atoms with Gasteiger partial charge in [-0.25, -0.2) is 9.59 Å². The van der Waals surface area contributed by atoms with Crippen LogP contribution in [0.3, 0.4) is 0 Å². The predicted octanol–water partition coefficient (Wildman–Crippen LogP) is 2.60. The van der Waals surface area contributed by atoms with Crippen LogP contribution in [-0.2, 0) is 47.5 Å². The number of benzene rings is 2. The van der Waals surface area contributed by atoms with Crippen molar-refractivity contribution in [2.75, 3.05) is 20.3 Å². The Labute approximate surface area is 242 Å². The molecule has 1 saturated heterocycles. The summed E-state index contributed by atoms with van der Waals surface area (Å²) in [5.74, 6) is -2.39. The molecule has 12 heteroatoms. The molecule has 2 aromatic carbocycles. The van der Waals surface area contributed by atoms with E-state index in [4.69, 9.17) is 37.9 Å². The molecule has 0 amide bonds. The number of hydrogen-bond acceptors (Lipinski definition) is 12. The predicted molar refractivity (Wildman–Crippen MR) is 143 cm³/mol. The summed E-state index contributed by atoms with van der Waals surface area (Å²) in [4.78, 5) is 48.8. The van der Waals surface area contributed by atoms with E-state index < -0.39 is 67.0 Å². The van der Waals surface area contributed by atoms with Crippen LogP contribution in [0.2, 0.25) is 0 Å². The van der Waals surface area contributed by atoms with E-state index in [0.29, 0.717) is 5.56 Å². The average molecular weight is 585 g/mol. The van der Waals surface area contributed by atoms with Gasteiger partial charge in [0.1, 0.15) is 24.9 Å². The number of esters is 4. The molecule has 7 atom stereocenters. The molecule has 0 radical (unpaired) electrons. The lowest BCUT2D eigenvalue weighted by Crippen LogP contribution is -2.44. The smallest absolute Gasteiger partial charge is 0.338 e. The molecule has 4 rings (SSSR count). The first-order valence-corrected chi connectivity index (χ1v) is 13.2. The highest BCUT2D eigenvalue weighted by Crippen LogP contribution is 2.30. The minimum atomic E-state index is -1.13. The molecule has 0 spiro atoms. The van der Waals surface area contributed by atoms with E-state index in [1.54, 1.807) is 66.7 Å². The van der Waals surface area contributed by atoms with Gasteiger partial charge in [-0.2, -0.15) is 0 Å². The van der Waals surface area contributed by atoms with Gasteiger partial charge in [0, 0.05) is 21.0 Å². The van der Waals surface area contributed by atoms with Gasteiger partial charge in [0.05, 0.1) is 17.7 Å². The highest BCUT2D eigenvalue weighted by atomic mass is 16.7. The molecule has 0 aromatic heterocycles. The van der Waals surface area contributed by atoms with Crippen LogP contribution < -0.4 is 0 Å². The second kappa shape index (κ2) is 14.7. The molecule has 2 aliphatic heterocycles. The SMILES string of the molecule is CO[C@H]1O[C@H](CO[C@@H]2C=C[C@H](OC(C)=O)[C@@H](COC(C)=O)O2)[C@@H](OC(=O)c2ccccc2)[C@@H]1OC(=O)c1ccccc1. The zero-order valence-electron chi connectivity index (χ0n) is 23.3. The highest BCUT2D eigenvalue weighted by molar-refractivity contribution is 5.90. The van der Waals surface area contributed by atoms with Crippen molar-refractivity contribution < 1.29 is 57.1 Å². The third-order valence-electron chi connectivity index (χ3n) is 6.32. The van der Waals surface area contributed by atoms with Crippen molar-refractivity contribution in [2.24, 2.45) is 0 Å². The molecule has 2 heterocycles. The summed E-state index contributed by atoms with van der Waals surface area (Å²) >= 11 is 0. The van der Waals surface area contributed by atoms with Gasteiger partial charge < -0.3 is 37.9 Å². The van der Waals surface area contributed by atoms with Crippen molar-refractivity contribution >= 4 is 23.9 Å². The molecule has 0 N–H and O–H groups in total. The summed E-state index contributed by atoms with van der Waals surface area (Å²) in [7, 11) is 1.37. The Bertz CT molecular complexity index is 1250. The lowest BCUT2D eigenvalue weighted by molar-refractivity contribution is -0.212. The van der Waals surface area contributed by atoms with E-state index >= 15 is 0 Å². The molecule has 42 heavy (non-hydrogen) atoms. The molecule has 12 nitrogen and oxygen atoms in total. The lowest BCUT2D eigenvalue weighted by Gasteiger charge is -2.32. The molecule has 0 aliphatic carbocycles. The summed E-state index contributed by atoms with van der Waals surface area (Å²) < 4.78 is 45.0. The summed E-state index contributed by atoms with van der Waals surface area (Å²) in [6.07, 6.45) is -3.77. The molecule has 224 valence electrons. The maximum absolute atomic E-state index is 13.0. The fourth-order valence-corrected chi connectivity index (χ4v) is 4.36. The molecular weight excluding hydrogens is 552 g/mol. The Hall–Kier alpha value is -4.10. The number of rotatable bonds is 11. The van der Waals surface area contributed by atoms with Crippen LogP contribution in [0.15, 0.2) is 72.8 Å². The van der Waals surface area contributed by atoms with Crippen LogP contribution in [-0.4, -0.2) is 87.3 Å². The quantitative estimate of drug-likeness (QED) is 0.218. The maximum atomic E-state index is 13.0. The molecule has 0 unspecified atom stereocenters. The van der Waals surface area contributed by atoms with Gasteiger partial charge in [0.25, 0.3) is 0 Å². The first-order chi connectivity index (χ1) is 20.2. The van der Waals surface area contributed by atoms with Crippen molar-refractivity contribution in [2.45, 2.75) is 56.9 Å². The second-order valence-electron chi connectivity index (χ2n) is 9.39. The zero-order valence-corrected chi connectivity index (χ0v) is 23.3. The van der Waals surface area contributed by atoms with Crippen molar-refractivity contribution in [1.29, 1.82) is 0 Å². The van der Waals surface area contributed by atoms with E-state index in [-0.39, 0.29) is 18.8 Å². The van der Waals surface area contributed by atoms with Crippen LogP contribution >= 0.6 is 0 Å². The van der Waals surface area contributed by atoms with Crippen LogP contribution in [0.5, 0.6) is 0 Å². The summed E-state index contributed by atoms with van der Waals surface area (Å²) in [5, 5.41) is 0. The average Bonchev–Trinajstić information content (AvgIpc) is 3.31. The van der Waals surface area contributed by atoms with E-state index in [2.05, 4.69) is 0 Å². The Kier molecular flexibility index (Phi) is 10.8. The van der Waals surface area contributed by atoms with E-state index in [1.807, 2.05) is 0 Å². The van der Waals surface area contributed by atoms with Crippen molar-refractivity contribution in [3.63, 3.8) is 0 Å². The minimum Gasteiger partial charge on any atom is -0.463 e. The largest absolute Gasteiger partial charge is 0.463 e. The highest BCUT2D eigenvalue weighted by Gasteiger charge is 2.50. The number of hydrogen-bond donors (Lipinski definition) is 0. The standard InChI is InChI=1S/C30H32O12/c1-18(31)36-16-23-22(38-19(2)32)14-15-25(39-23)37-17-24-26(41-28(33)20-10-6-4-7-11-20)27(30(35-3)40-24)42-29(34)21-12-8-5-9-13-21/h4-15,22-27,30H,16-17H2,1-3H3/t22-,23+,24+,25-,26+,27-,30-/m0/s1. The first-order valence-electron chi connectivity index (χ1n) is 13.2. The third kappa shape index (κ3) is 8.23. The van der Waals surface area contributed by atoms with E-state index in [1.165, 1.54) is 27.0 Å². The maximum Gasteiger partial charge on any atom is 0.338 e. The van der Waals surface area contributed by atoms with Crippen LogP contribution in [0.1, 0.15) is 34.6 Å². The number of carbonyl (C=O) groups excluding carboxylic acids is 4. The van der Waals surface area contributed by atoms with Gasteiger partial charge in [0.2, 0.25) is 0 Å². The van der Waals surface area contributed by atoms with Gasteiger partial charge >= 0.3 is 23.9 Å². The van der Waals surface area contributed by atoms with Gasteiger partial charge in [-0.15, -0.1) is 0 Å². The molecule has 1 fully saturated rings. The normalized spacial score (nSPS) is 26.7. The summed E-state index contributed by atoms with van der Waals surface area (Å²) in [6.45, 7) is 2.13. The topological polar surface area (TPSA) is 142 Å². The monoisotopic (exact) mass is 584 g/mol. The lowest BCUT2D eigenvalue weighted by atomic mass is 10.1. The summed E-state index contributed by atoms with van der Waals surface area (Å²) in [5.41, 5.74) is 0.580. The van der Waals surface area contributed by atoms with Crippen LogP contribution in [0.4, 0.5) is 0 Å². The van der Waals surface area contributed by atoms with Gasteiger partial charge in [-0.3, -0.25) is 9.59 Å². The number of ether oxygens (including phenoxy) is 8. The van der Waals surface area contributed by atoms with Crippen molar-refractivity contribution in [3.05, 3.63) is 83.9 Å². The Balaban J connectivity index is 1.50. The molecule has 0 bridgehead atoms. The second-order valence-corrected chi connectivity index (χ2v) is 9.39. The Morgan fingerprint density at radius 3 is 1.83 bits per heavy atom. The van der Waals surface area contributed by atoms with E-state index in [9.17, 15) is 19.2 Å². The molecular formula is C30H32O12. The number of methoxy groups -OCH3 is 1. The third-order valence-corrected chi connectivity index (χ3v) is 6.32. The fraction of sp³-hybridized carbons (Fsp3) is 0.400. The Morgan fingerprint density at radius 1 is 0.690 bits per heavy atom. The molecule has 2 aliphatic rings. The van der Waals surface area contributed by atoms with Gasteiger partial charge in [-0.05, 0) is 36.4 Å². The zero-order chi connectivity index (χ0) is 30.1. The van der Waals surface area contributed by atoms with Gasteiger partial charge in [0.15, 0.2) is 24.8 Å². The fourth-order valence-electron chi connectivity index (χ4n) is 4.36. The number of carbonyl (C=O) groups is 4. The molecule has 2 aromatic rings. The minimum absolute atomic E-state index is 0.181. The van der Waals surface area contributed by atoms with Crippen molar-refractivity contribution in [1.82, 2.24) is 0 Å². The first kappa shape index (κ1) is 30.8. The molecule has 0 saturated carbocycles. The van der Waals surface area contributed by atoms with E-state index in [0.717, 1.165) is 0 Å². The van der Waals surface area contributed by atoms with Gasteiger partial charge in [-0.1, -0.05) is 36.4 Å². The van der Waals surface area contributed by atoms with Crippen LogP contribution in [0.25, 0.3) is 0 Å². The Morgan fingerprint density at radius 2 is 1.29 bits per heavy atom.